The SMILES string of the molecule is Cc1cccc(O[C@H]2CC[C@H](N(C(=O)C3CCC(C)CC3)c3cc(C(C)(C)C)sc3C(=O)O)CC2)n1. The van der Waals surface area contributed by atoms with Crippen LogP contribution in [0.2, 0.25) is 0 Å². The zero-order valence-electron chi connectivity index (χ0n) is 22.3. The van der Waals surface area contributed by atoms with Gasteiger partial charge in [-0.15, -0.1) is 11.3 Å². The summed E-state index contributed by atoms with van der Waals surface area (Å²) in [5.74, 6) is 0.402. The van der Waals surface area contributed by atoms with Gasteiger partial charge in [0.05, 0.1) is 5.69 Å². The van der Waals surface area contributed by atoms with Crippen molar-refractivity contribution in [2.24, 2.45) is 11.8 Å². The van der Waals surface area contributed by atoms with Gasteiger partial charge in [-0.05, 0) is 81.8 Å². The van der Waals surface area contributed by atoms with Gasteiger partial charge in [0.25, 0.3) is 0 Å². The van der Waals surface area contributed by atoms with Crippen molar-refractivity contribution in [1.82, 2.24) is 4.98 Å². The van der Waals surface area contributed by atoms with E-state index in [0.717, 1.165) is 61.9 Å². The molecule has 2 saturated carbocycles. The van der Waals surface area contributed by atoms with E-state index in [1.54, 1.807) is 0 Å². The minimum atomic E-state index is -0.955. The van der Waals surface area contributed by atoms with Gasteiger partial charge in [0.15, 0.2) is 0 Å². The highest BCUT2D eigenvalue weighted by Crippen LogP contribution is 2.42. The van der Waals surface area contributed by atoms with Crippen LogP contribution in [0, 0.1) is 18.8 Å². The molecule has 1 N–H and O–H groups in total. The number of aryl methyl sites for hydroxylation is 1. The fraction of sp³-hybridized carbons (Fsp3) is 0.621. The Morgan fingerprint density at radius 1 is 1.06 bits per heavy atom. The second-order valence-corrected chi connectivity index (χ2v) is 12.8. The van der Waals surface area contributed by atoms with Gasteiger partial charge in [0, 0.05) is 28.6 Å². The fourth-order valence-corrected chi connectivity index (χ4v) is 6.50. The lowest BCUT2D eigenvalue weighted by molar-refractivity contribution is -0.124. The Kier molecular flexibility index (Phi) is 8.08. The molecule has 6 nitrogen and oxygen atoms in total. The van der Waals surface area contributed by atoms with Crippen LogP contribution < -0.4 is 9.64 Å². The van der Waals surface area contributed by atoms with Crippen molar-refractivity contribution < 1.29 is 19.4 Å². The molecule has 0 unspecified atom stereocenters. The number of amides is 1. The molecule has 0 aliphatic heterocycles. The number of nitrogens with zero attached hydrogens (tertiary/aromatic N) is 2. The number of aromatic nitrogens is 1. The van der Waals surface area contributed by atoms with Crippen molar-refractivity contribution in [1.29, 1.82) is 0 Å². The third-order valence-electron chi connectivity index (χ3n) is 7.67. The van der Waals surface area contributed by atoms with E-state index in [0.29, 0.717) is 17.5 Å². The number of rotatable bonds is 6. The van der Waals surface area contributed by atoms with E-state index in [-0.39, 0.29) is 34.3 Å². The number of thiophene rings is 1. The van der Waals surface area contributed by atoms with Crippen LogP contribution >= 0.6 is 11.3 Å². The van der Waals surface area contributed by atoms with E-state index >= 15 is 0 Å². The molecule has 2 heterocycles. The molecular weight excluding hydrogens is 472 g/mol. The summed E-state index contributed by atoms with van der Waals surface area (Å²) in [6, 6.07) is 7.73. The van der Waals surface area contributed by atoms with Gasteiger partial charge in [-0.1, -0.05) is 33.8 Å². The first-order chi connectivity index (χ1) is 17.0. The fourth-order valence-electron chi connectivity index (χ4n) is 5.46. The molecular formula is C29H40N2O4S. The van der Waals surface area contributed by atoms with Gasteiger partial charge < -0.3 is 14.7 Å². The summed E-state index contributed by atoms with van der Waals surface area (Å²) in [5.41, 5.74) is 1.33. The quantitative estimate of drug-likeness (QED) is 0.451. The van der Waals surface area contributed by atoms with Gasteiger partial charge in [-0.2, -0.15) is 0 Å². The van der Waals surface area contributed by atoms with Crippen LogP contribution in [0.5, 0.6) is 5.88 Å². The maximum Gasteiger partial charge on any atom is 0.348 e. The first-order valence-corrected chi connectivity index (χ1v) is 14.2. The van der Waals surface area contributed by atoms with Crippen LogP contribution in [-0.2, 0) is 10.2 Å². The van der Waals surface area contributed by atoms with Crippen LogP contribution in [-0.4, -0.2) is 34.1 Å². The summed E-state index contributed by atoms with van der Waals surface area (Å²) >= 11 is 1.31. The Hall–Kier alpha value is -2.41. The van der Waals surface area contributed by atoms with E-state index in [4.69, 9.17) is 4.74 Å². The number of hydrogen-bond acceptors (Lipinski definition) is 5. The summed E-state index contributed by atoms with van der Waals surface area (Å²) in [7, 11) is 0. The Bertz CT molecular complexity index is 1070. The molecule has 0 bridgehead atoms. The zero-order chi connectivity index (χ0) is 26.0. The number of pyridine rings is 1. The van der Waals surface area contributed by atoms with Crippen molar-refractivity contribution in [3.63, 3.8) is 0 Å². The number of ether oxygens (including phenoxy) is 1. The molecule has 7 heteroatoms. The van der Waals surface area contributed by atoms with Crippen molar-refractivity contribution in [2.75, 3.05) is 4.90 Å². The summed E-state index contributed by atoms with van der Waals surface area (Å²) in [5, 5.41) is 10.1. The summed E-state index contributed by atoms with van der Waals surface area (Å²) in [4.78, 5) is 34.0. The van der Waals surface area contributed by atoms with E-state index in [9.17, 15) is 14.7 Å². The topological polar surface area (TPSA) is 79.7 Å². The monoisotopic (exact) mass is 512 g/mol. The number of carbonyl (C=O) groups excluding carboxylic acids is 1. The normalized spacial score (nSPS) is 24.8. The van der Waals surface area contributed by atoms with Crippen molar-refractivity contribution in [3.8, 4) is 5.88 Å². The predicted octanol–water partition coefficient (Wildman–Crippen LogP) is 7.00. The number of carboxylic acid groups (broad SMARTS) is 1. The first-order valence-electron chi connectivity index (χ1n) is 13.3. The van der Waals surface area contributed by atoms with Gasteiger partial charge in [0.2, 0.25) is 11.8 Å². The number of aromatic carboxylic acids is 1. The lowest BCUT2D eigenvalue weighted by Crippen LogP contribution is -2.47. The molecule has 0 aromatic carbocycles. The highest BCUT2D eigenvalue weighted by Gasteiger charge is 2.38. The standard InChI is InChI=1S/C29H40N2O4S/c1-18-9-11-20(12-10-18)27(32)31(23-17-24(29(3,4)5)36-26(23)28(33)34)21-13-15-22(16-14-21)35-25-8-6-7-19(2)30-25/h6-8,17-18,20-22H,9-16H2,1-5H3,(H,33,34)/t18?,20?,21-,22-. The molecule has 0 spiro atoms. The van der Waals surface area contributed by atoms with E-state index in [2.05, 4.69) is 32.7 Å². The maximum atomic E-state index is 14.0. The van der Waals surface area contributed by atoms with Gasteiger partial charge in [-0.3, -0.25) is 4.79 Å². The minimum absolute atomic E-state index is 0.0253. The highest BCUT2D eigenvalue weighted by molar-refractivity contribution is 7.14. The molecule has 2 aliphatic rings. The summed E-state index contributed by atoms with van der Waals surface area (Å²) < 4.78 is 6.16. The van der Waals surface area contributed by atoms with Gasteiger partial charge in [0.1, 0.15) is 11.0 Å². The molecule has 196 valence electrons. The number of anilines is 1. The van der Waals surface area contributed by atoms with Crippen LogP contribution in [0.4, 0.5) is 5.69 Å². The van der Waals surface area contributed by atoms with E-state index in [1.165, 1.54) is 11.3 Å². The molecule has 2 aliphatic carbocycles. The number of hydrogen-bond donors (Lipinski definition) is 1. The zero-order valence-corrected chi connectivity index (χ0v) is 23.1. The Morgan fingerprint density at radius 3 is 2.31 bits per heavy atom. The largest absolute Gasteiger partial charge is 0.477 e. The lowest BCUT2D eigenvalue weighted by atomic mass is 9.81. The van der Waals surface area contributed by atoms with Crippen molar-refractivity contribution >= 4 is 28.9 Å². The molecule has 0 radical (unpaired) electrons. The summed E-state index contributed by atoms with van der Waals surface area (Å²) in [6.07, 6.45) is 7.10. The second-order valence-electron chi connectivity index (χ2n) is 11.7. The smallest absolute Gasteiger partial charge is 0.348 e. The molecule has 36 heavy (non-hydrogen) atoms. The molecule has 2 fully saturated rings. The van der Waals surface area contributed by atoms with Crippen molar-refractivity contribution in [3.05, 3.63) is 39.7 Å². The van der Waals surface area contributed by atoms with Crippen LogP contribution in [0.25, 0.3) is 0 Å². The highest BCUT2D eigenvalue weighted by atomic mass is 32.1. The van der Waals surface area contributed by atoms with Gasteiger partial charge >= 0.3 is 5.97 Å². The molecule has 1 amide bonds. The maximum absolute atomic E-state index is 14.0. The molecule has 2 aromatic heterocycles. The van der Waals surface area contributed by atoms with Crippen LogP contribution in [0.15, 0.2) is 24.3 Å². The third kappa shape index (κ3) is 6.10. The van der Waals surface area contributed by atoms with Gasteiger partial charge in [-0.25, -0.2) is 9.78 Å². The number of carbonyl (C=O) groups is 2. The number of carboxylic acids is 1. The average molecular weight is 513 g/mol. The predicted molar refractivity (Wildman–Crippen MR) is 144 cm³/mol. The second kappa shape index (κ2) is 10.9. The third-order valence-corrected chi connectivity index (χ3v) is 9.21. The lowest BCUT2D eigenvalue weighted by Gasteiger charge is -2.39. The van der Waals surface area contributed by atoms with Crippen molar-refractivity contribution in [2.45, 2.75) is 104 Å². The Labute approximate surface area is 219 Å². The molecule has 0 atom stereocenters. The Balaban J connectivity index is 1.59. The Morgan fingerprint density at radius 2 is 1.72 bits per heavy atom. The van der Waals surface area contributed by atoms with E-state index in [1.807, 2.05) is 36.1 Å². The van der Waals surface area contributed by atoms with Crippen LogP contribution in [0.1, 0.15) is 99.3 Å². The molecule has 0 saturated heterocycles. The molecule has 2 aromatic rings. The summed E-state index contributed by atoms with van der Waals surface area (Å²) in [6.45, 7) is 10.5. The van der Waals surface area contributed by atoms with Crippen LogP contribution in [0.3, 0.4) is 0 Å². The molecule has 4 rings (SSSR count). The first kappa shape index (κ1) is 26.6. The minimum Gasteiger partial charge on any atom is -0.477 e. The van der Waals surface area contributed by atoms with E-state index < -0.39 is 5.97 Å². The average Bonchev–Trinajstić information content (AvgIpc) is 3.27.